The number of fused-ring (bicyclic) bond motifs is 6. The van der Waals surface area contributed by atoms with Crippen LogP contribution in [0.2, 0.25) is 0 Å². The number of hydrogen-bond acceptors (Lipinski definition) is 1. The molecule has 1 nitrogen and oxygen atoms in total. The minimum absolute atomic E-state index is 0.0835. The molecule has 0 spiro atoms. The van der Waals surface area contributed by atoms with Crippen molar-refractivity contribution in [2.45, 2.75) is 82.5 Å². The second-order valence-electron chi connectivity index (χ2n) is 18.4. The molecule has 0 atom stereocenters. The van der Waals surface area contributed by atoms with E-state index in [2.05, 4.69) is 166 Å². The molecule has 4 fully saturated rings. The van der Waals surface area contributed by atoms with Crippen molar-refractivity contribution in [3.8, 4) is 33.4 Å². The normalized spacial score (nSPS) is 24.7. The van der Waals surface area contributed by atoms with E-state index in [1.165, 1.54) is 111 Å². The first-order valence-electron chi connectivity index (χ1n) is 20.2. The molecule has 6 aliphatic carbocycles. The fourth-order valence-electron chi connectivity index (χ4n) is 12.5. The molecular weight excluding hydrogens is 639 g/mol. The summed E-state index contributed by atoms with van der Waals surface area (Å²) in [4.78, 5) is 2.59. The van der Waals surface area contributed by atoms with Crippen molar-refractivity contribution in [2.75, 3.05) is 4.90 Å². The summed E-state index contributed by atoms with van der Waals surface area (Å²) < 4.78 is 0. The Morgan fingerprint density at radius 3 is 1.43 bits per heavy atom. The predicted molar refractivity (Wildman–Crippen MR) is 222 cm³/mol. The van der Waals surface area contributed by atoms with Crippen molar-refractivity contribution < 1.29 is 0 Å². The molecule has 6 aromatic carbocycles. The molecule has 4 bridgehead atoms. The van der Waals surface area contributed by atoms with E-state index in [0.29, 0.717) is 5.41 Å². The van der Waals surface area contributed by atoms with Gasteiger partial charge in [0, 0.05) is 27.8 Å². The third-order valence-electron chi connectivity index (χ3n) is 14.6. The van der Waals surface area contributed by atoms with Gasteiger partial charge in [0.05, 0.1) is 5.69 Å². The third-order valence-corrected chi connectivity index (χ3v) is 14.6. The van der Waals surface area contributed by atoms with Crippen LogP contribution in [0.5, 0.6) is 0 Å². The Labute approximate surface area is 315 Å². The lowest BCUT2D eigenvalue weighted by Gasteiger charge is -2.57. The van der Waals surface area contributed by atoms with Crippen LogP contribution in [-0.2, 0) is 16.2 Å². The van der Waals surface area contributed by atoms with Crippen LogP contribution in [0, 0.1) is 17.8 Å². The zero-order valence-electron chi connectivity index (χ0n) is 31.6. The third kappa shape index (κ3) is 4.56. The highest BCUT2D eigenvalue weighted by Gasteiger charge is 2.51. The van der Waals surface area contributed by atoms with Crippen LogP contribution >= 0.6 is 0 Å². The maximum atomic E-state index is 2.63. The van der Waals surface area contributed by atoms with Crippen LogP contribution < -0.4 is 4.90 Å². The van der Waals surface area contributed by atoms with Crippen molar-refractivity contribution in [3.63, 3.8) is 0 Å². The summed E-state index contributed by atoms with van der Waals surface area (Å²) in [6, 6.07) is 51.5. The molecule has 0 amide bonds. The average molecular weight is 688 g/mol. The van der Waals surface area contributed by atoms with Crippen LogP contribution in [0.1, 0.15) is 94.0 Å². The summed E-state index contributed by atoms with van der Waals surface area (Å²) in [7, 11) is 0. The number of nitrogens with zero attached hydrogens (tertiary/aromatic N) is 1. The summed E-state index contributed by atoms with van der Waals surface area (Å²) in [6.45, 7) is 9.60. The number of anilines is 3. The Bertz CT molecular complexity index is 2300. The lowest BCUT2D eigenvalue weighted by molar-refractivity contribution is -0.00516. The topological polar surface area (TPSA) is 3.24 Å². The molecule has 53 heavy (non-hydrogen) atoms. The SMILES string of the molecule is CC1(C)c2ccccc2-c2ccc(N(c3ccc4c(c3)C(C)(C)c3ccccc3-4)c3ccc(C45CC6CC(CC(C6)C4)C5)cc3-c3ccccc3)cc21. The molecule has 0 radical (unpaired) electrons. The second-order valence-corrected chi connectivity index (χ2v) is 18.4. The van der Waals surface area contributed by atoms with Gasteiger partial charge in [-0.3, -0.25) is 0 Å². The fourth-order valence-corrected chi connectivity index (χ4v) is 12.5. The van der Waals surface area contributed by atoms with E-state index in [1.807, 2.05) is 0 Å². The molecule has 12 rings (SSSR count). The van der Waals surface area contributed by atoms with Gasteiger partial charge in [0.15, 0.2) is 0 Å². The van der Waals surface area contributed by atoms with Crippen LogP contribution in [0.3, 0.4) is 0 Å². The fraction of sp³-hybridized carbons (Fsp3) is 0.308. The van der Waals surface area contributed by atoms with Crippen molar-refractivity contribution in [1.82, 2.24) is 0 Å². The van der Waals surface area contributed by atoms with Gasteiger partial charge in [-0.2, -0.15) is 0 Å². The molecule has 0 unspecified atom stereocenters. The molecule has 6 aromatic rings. The first-order chi connectivity index (χ1) is 25.7. The Morgan fingerprint density at radius 2 is 0.906 bits per heavy atom. The van der Waals surface area contributed by atoms with E-state index >= 15 is 0 Å². The van der Waals surface area contributed by atoms with E-state index in [-0.39, 0.29) is 10.8 Å². The lowest BCUT2D eigenvalue weighted by atomic mass is 9.48. The van der Waals surface area contributed by atoms with Crippen molar-refractivity contribution in [1.29, 1.82) is 0 Å². The Kier molecular flexibility index (Phi) is 6.61. The van der Waals surface area contributed by atoms with Gasteiger partial charge in [0.1, 0.15) is 0 Å². The van der Waals surface area contributed by atoms with Gasteiger partial charge in [0.2, 0.25) is 0 Å². The molecule has 6 aliphatic rings. The molecule has 0 heterocycles. The van der Waals surface area contributed by atoms with Crippen LogP contribution in [0.25, 0.3) is 33.4 Å². The summed E-state index contributed by atoms with van der Waals surface area (Å²) in [5, 5.41) is 0. The summed E-state index contributed by atoms with van der Waals surface area (Å²) >= 11 is 0. The van der Waals surface area contributed by atoms with E-state index < -0.39 is 0 Å². The van der Waals surface area contributed by atoms with Gasteiger partial charge in [-0.1, -0.05) is 125 Å². The molecule has 0 aliphatic heterocycles. The van der Waals surface area contributed by atoms with Crippen molar-refractivity contribution in [2.24, 2.45) is 17.8 Å². The van der Waals surface area contributed by atoms with E-state index in [4.69, 9.17) is 0 Å². The molecule has 0 aromatic heterocycles. The molecule has 1 heteroatoms. The highest BCUT2D eigenvalue weighted by molar-refractivity contribution is 5.92. The van der Waals surface area contributed by atoms with E-state index in [0.717, 1.165) is 17.8 Å². The monoisotopic (exact) mass is 687 g/mol. The van der Waals surface area contributed by atoms with Gasteiger partial charge in [-0.25, -0.2) is 0 Å². The highest BCUT2D eigenvalue weighted by atomic mass is 15.1. The summed E-state index contributed by atoms with van der Waals surface area (Å²) in [5.41, 5.74) is 19.2. The number of hydrogen-bond donors (Lipinski definition) is 0. The minimum atomic E-state index is -0.0835. The largest absolute Gasteiger partial charge is 0.310 e. The standard InChI is InChI=1S/C52H49N/c1-50(2)45-16-10-8-14-40(45)42-21-19-38(28-47(42)50)53(39-20-22-43-41-15-9-11-17-46(41)51(3,4)48(43)29-39)49-23-18-37(27-44(49)36-12-6-5-7-13-36)52-30-33-24-34(31-52)26-35(25-33)32-52/h5-23,27-29,33-35H,24-26,30-32H2,1-4H3. The summed E-state index contributed by atoms with van der Waals surface area (Å²) in [5.74, 6) is 2.74. The van der Waals surface area contributed by atoms with Crippen LogP contribution in [0.15, 0.2) is 133 Å². The van der Waals surface area contributed by atoms with Crippen molar-refractivity contribution >= 4 is 17.1 Å². The molecule has 262 valence electrons. The molecular formula is C52H49N. The first-order valence-corrected chi connectivity index (χ1v) is 20.2. The average Bonchev–Trinajstić information content (AvgIpc) is 3.54. The molecule has 0 saturated heterocycles. The zero-order chi connectivity index (χ0) is 35.7. The van der Waals surface area contributed by atoms with E-state index in [9.17, 15) is 0 Å². The van der Waals surface area contributed by atoms with Gasteiger partial charge in [-0.05, 0) is 154 Å². The molecule has 4 saturated carbocycles. The smallest absolute Gasteiger partial charge is 0.0540 e. The molecule has 0 N–H and O–H groups in total. The van der Waals surface area contributed by atoms with Crippen LogP contribution in [0.4, 0.5) is 17.1 Å². The Hall–Kier alpha value is -4.88. The maximum Gasteiger partial charge on any atom is 0.0540 e. The highest BCUT2D eigenvalue weighted by Crippen LogP contribution is 2.62. The van der Waals surface area contributed by atoms with Crippen LogP contribution in [-0.4, -0.2) is 0 Å². The number of benzene rings is 6. The van der Waals surface area contributed by atoms with E-state index in [1.54, 1.807) is 5.56 Å². The Balaban J connectivity index is 1.13. The van der Waals surface area contributed by atoms with Gasteiger partial charge in [0.25, 0.3) is 0 Å². The number of rotatable bonds is 5. The Morgan fingerprint density at radius 1 is 0.434 bits per heavy atom. The van der Waals surface area contributed by atoms with Gasteiger partial charge in [-0.15, -0.1) is 0 Å². The van der Waals surface area contributed by atoms with Crippen molar-refractivity contribution in [3.05, 3.63) is 161 Å². The van der Waals surface area contributed by atoms with Gasteiger partial charge >= 0.3 is 0 Å². The van der Waals surface area contributed by atoms with Gasteiger partial charge < -0.3 is 4.90 Å². The predicted octanol–water partition coefficient (Wildman–Crippen LogP) is 13.9. The minimum Gasteiger partial charge on any atom is -0.310 e. The lowest BCUT2D eigenvalue weighted by Crippen LogP contribution is -2.48. The maximum absolute atomic E-state index is 2.63. The first kappa shape index (κ1) is 31.6. The quantitative estimate of drug-likeness (QED) is 0.174. The zero-order valence-corrected chi connectivity index (χ0v) is 31.6. The second kappa shape index (κ2) is 11.1. The summed E-state index contributed by atoms with van der Waals surface area (Å²) in [6.07, 6.45) is 8.51.